The molecule has 0 bridgehead atoms. The maximum absolute atomic E-state index is 13.2. The highest BCUT2D eigenvalue weighted by Gasteiger charge is 2.18. The van der Waals surface area contributed by atoms with Gasteiger partial charge >= 0.3 is 0 Å². The summed E-state index contributed by atoms with van der Waals surface area (Å²) in [5.74, 6) is -0.472. The molecule has 0 saturated carbocycles. The Morgan fingerprint density at radius 2 is 1.72 bits per heavy atom. The smallest absolute Gasteiger partial charge is 0.271 e. The molecule has 0 radical (unpaired) electrons. The SMILES string of the molecule is C=CCOc1ccc(C(=O)NNC(=O)c2cc(C)n(-c3ccc(F)cc3)c2C)cc1OC. The van der Waals surface area contributed by atoms with Crippen LogP contribution < -0.4 is 20.3 Å². The van der Waals surface area contributed by atoms with Gasteiger partial charge in [0.25, 0.3) is 11.8 Å². The van der Waals surface area contributed by atoms with Crippen LogP contribution in [0.3, 0.4) is 0 Å². The van der Waals surface area contributed by atoms with E-state index in [1.165, 1.54) is 25.3 Å². The van der Waals surface area contributed by atoms with Crippen LogP contribution >= 0.6 is 0 Å². The third-order valence-electron chi connectivity index (χ3n) is 4.83. The van der Waals surface area contributed by atoms with Crippen LogP contribution in [0.4, 0.5) is 4.39 Å². The quantitative estimate of drug-likeness (QED) is 0.434. The van der Waals surface area contributed by atoms with Gasteiger partial charge in [0.15, 0.2) is 11.5 Å². The average molecular weight is 437 g/mol. The van der Waals surface area contributed by atoms with E-state index in [9.17, 15) is 14.0 Å². The largest absolute Gasteiger partial charge is 0.493 e. The number of amides is 2. The summed E-state index contributed by atoms with van der Waals surface area (Å²) >= 11 is 0. The second kappa shape index (κ2) is 9.82. The Labute approximate surface area is 185 Å². The number of carbonyl (C=O) groups excluding carboxylic acids is 2. The van der Waals surface area contributed by atoms with Crippen LogP contribution in [0.25, 0.3) is 5.69 Å². The van der Waals surface area contributed by atoms with Crippen LogP contribution in [0.15, 0.2) is 61.2 Å². The molecular weight excluding hydrogens is 413 g/mol. The van der Waals surface area contributed by atoms with Gasteiger partial charge in [-0.3, -0.25) is 20.4 Å². The van der Waals surface area contributed by atoms with Crippen molar-refractivity contribution in [2.45, 2.75) is 13.8 Å². The van der Waals surface area contributed by atoms with Gasteiger partial charge in [0.05, 0.1) is 12.7 Å². The zero-order valence-electron chi connectivity index (χ0n) is 18.1. The first kappa shape index (κ1) is 22.6. The highest BCUT2D eigenvalue weighted by atomic mass is 19.1. The van der Waals surface area contributed by atoms with E-state index in [4.69, 9.17) is 9.47 Å². The first-order valence-electron chi connectivity index (χ1n) is 9.83. The normalized spacial score (nSPS) is 10.4. The van der Waals surface area contributed by atoms with E-state index in [0.717, 1.165) is 11.4 Å². The molecule has 0 saturated heterocycles. The number of aromatic nitrogens is 1. The number of hydrogen-bond acceptors (Lipinski definition) is 4. The van der Waals surface area contributed by atoms with E-state index in [0.29, 0.717) is 29.4 Å². The molecule has 0 aliphatic rings. The molecular formula is C24H24FN3O4. The Bertz CT molecular complexity index is 1150. The molecule has 3 rings (SSSR count). The van der Waals surface area contributed by atoms with Crippen LogP contribution in [-0.4, -0.2) is 30.1 Å². The van der Waals surface area contributed by atoms with Gasteiger partial charge in [-0.15, -0.1) is 0 Å². The monoisotopic (exact) mass is 437 g/mol. The number of benzene rings is 2. The Balaban J connectivity index is 1.72. The summed E-state index contributed by atoms with van der Waals surface area (Å²) in [6.07, 6.45) is 1.60. The molecule has 1 heterocycles. The Morgan fingerprint density at radius 1 is 1.03 bits per heavy atom. The van der Waals surface area contributed by atoms with Gasteiger partial charge in [-0.1, -0.05) is 12.7 Å². The second-order valence-corrected chi connectivity index (χ2v) is 6.97. The summed E-state index contributed by atoms with van der Waals surface area (Å²) in [6, 6.07) is 12.4. The van der Waals surface area contributed by atoms with Crippen molar-refractivity contribution in [1.82, 2.24) is 15.4 Å². The molecule has 1 aromatic heterocycles. The fraction of sp³-hybridized carbons (Fsp3) is 0.167. The number of rotatable bonds is 7. The summed E-state index contributed by atoms with van der Waals surface area (Å²) in [7, 11) is 1.47. The molecule has 166 valence electrons. The lowest BCUT2D eigenvalue weighted by Crippen LogP contribution is -2.41. The number of hydrazine groups is 1. The molecule has 0 unspecified atom stereocenters. The van der Waals surface area contributed by atoms with Gasteiger partial charge in [-0.2, -0.15) is 0 Å². The number of aryl methyl sites for hydroxylation is 1. The lowest BCUT2D eigenvalue weighted by molar-refractivity contribution is 0.0846. The van der Waals surface area contributed by atoms with Crippen LogP contribution in [-0.2, 0) is 0 Å². The molecule has 8 heteroatoms. The van der Waals surface area contributed by atoms with Crippen molar-refractivity contribution < 1.29 is 23.5 Å². The van der Waals surface area contributed by atoms with Crippen molar-refractivity contribution in [1.29, 1.82) is 0 Å². The zero-order chi connectivity index (χ0) is 23.3. The number of nitrogens with zero attached hydrogens (tertiary/aromatic N) is 1. The fourth-order valence-corrected chi connectivity index (χ4v) is 3.31. The van der Waals surface area contributed by atoms with E-state index in [1.807, 2.05) is 11.5 Å². The molecule has 0 spiro atoms. The average Bonchev–Trinajstić information content (AvgIpc) is 3.10. The van der Waals surface area contributed by atoms with Crippen LogP contribution in [0, 0.1) is 19.7 Å². The van der Waals surface area contributed by atoms with Crippen molar-refractivity contribution in [3.8, 4) is 17.2 Å². The third-order valence-corrected chi connectivity index (χ3v) is 4.83. The molecule has 0 aliphatic heterocycles. The second-order valence-electron chi connectivity index (χ2n) is 6.97. The van der Waals surface area contributed by atoms with Crippen LogP contribution in [0.1, 0.15) is 32.1 Å². The van der Waals surface area contributed by atoms with Gasteiger partial charge < -0.3 is 14.0 Å². The summed E-state index contributed by atoms with van der Waals surface area (Å²) in [5, 5.41) is 0. The van der Waals surface area contributed by atoms with E-state index in [1.54, 1.807) is 43.3 Å². The number of hydrogen-bond donors (Lipinski definition) is 2. The van der Waals surface area contributed by atoms with Crippen molar-refractivity contribution >= 4 is 11.8 Å². The first-order valence-corrected chi connectivity index (χ1v) is 9.83. The molecule has 7 nitrogen and oxygen atoms in total. The van der Waals surface area contributed by atoms with Crippen LogP contribution in [0.5, 0.6) is 11.5 Å². The number of halogens is 1. The predicted octanol–water partition coefficient (Wildman–Crippen LogP) is 3.88. The number of ether oxygens (including phenoxy) is 2. The third kappa shape index (κ3) is 4.80. The minimum Gasteiger partial charge on any atom is -0.493 e. The molecule has 2 aromatic carbocycles. The molecule has 2 N–H and O–H groups in total. The fourth-order valence-electron chi connectivity index (χ4n) is 3.31. The highest BCUT2D eigenvalue weighted by molar-refractivity contribution is 6.00. The van der Waals surface area contributed by atoms with Crippen molar-refractivity contribution in [2.75, 3.05) is 13.7 Å². The molecule has 2 amide bonds. The van der Waals surface area contributed by atoms with Crippen molar-refractivity contribution in [3.05, 3.63) is 89.5 Å². The molecule has 0 fully saturated rings. The first-order chi connectivity index (χ1) is 15.3. The molecule has 3 aromatic rings. The van der Waals surface area contributed by atoms with Crippen molar-refractivity contribution in [2.24, 2.45) is 0 Å². The summed E-state index contributed by atoms with van der Waals surface area (Å²) in [4.78, 5) is 25.2. The minimum atomic E-state index is -0.515. The van der Waals surface area contributed by atoms with Crippen LogP contribution in [0.2, 0.25) is 0 Å². The van der Waals surface area contributed by atoms with E-state index in [-0.39, 0.29) is 11.4 Å². The Hall–Kier alpha value is -4.07. The maximum Gasteiger partial charge on any atom is 0.271 e. The number of methoxy groups -OCH3 is 1. The van der Waals surface area contributed by atoms with Crippen molar-refractivity contribution in [3.63, 3.8) is 0 Å². The standard InChI is InChI=1S/C24H24FN3O4/c1-5-12-32-21-11-6-17(14-22(21)31-4)23(29)26-27-24(30)20-13-15(2)28(16(20)3)19-9-7-18(25)8-10-19/h5-11,13-14H,1,12H2,2-4H3,(H,26,29)(H,27,30). The number of carbonyl (C=O) groups is 2. The zero-order valence-corrected chi connectivity index (χ0v) is 18.1. The van der Waals surface area contributed by atoms with E-state index >= 15 is 0 Å². The van der Waals surface area contributed by atoms with E-state index in [2.05, 4.69) is 17.4 Å². The highest BCUT2D eigenvalue weighted by Crippen LogP contribution is 2.28. The minimum absolute atomic E-state index is 0.282. The van der Waals surface area contributed by atoms with E-state index < -0.39 is 11.8 Å². The molecule has 0 aliphatic carbocycles. The van der Waals surface area contributed by atoms with Gasteiger partial charge in [-0.05, 0) is 62.4 Å². The summed E-state index contributed by atoms with van der Waals surface area (Å²) in [6.45, 7) is 7.51. The maximum atomic E-state index is 13.2. The molecule has 0 atom stereocenters. The van der Waals surface area contributed by atoms with Gasteiger partial charge in [0.1, 0.15) is 12.4 Å². The summed E-state index contributed by atoms with van der Waals surface area (Å²) < 4.78 is 25.8. The Kier molecular flexibility index (Phi) is 6.94. The summed E-state index contributed by atoms with van der Waals surface area (Å²) in [5.41, 5.74) is 7.69. The topological polar surface area (TPSA) is 81.6 Å². The van der Waals surface area contributed by atoms with Gasteiger partial charge in [0, 0.05) is 22.6 Å². The lowest BCUT2D eigenvalue weighted by Gasteiger charge is -2.12. The molecule has 32 heavy (non-hydrogen) atoms. The van der Waals surface area contributed by atoms with Gasteiger partial charge in [0.2, 0.25) is 0 Å². The number of nitrogens with one attached hydrogen (secondary N) is 2. The van der Waals surface area contributed by atoms with Gasteiger partial charge in [-0.25, -0.2) is 4.39 Å². The predicted molar refractivity (Wildman–Crippen MR) is 119 cm³/mol. The lowest BCUT2D eigenvalue weighted by atomic mass is 10.2. The Morgan fingerprint density at radius 3 is 2.38 bits per heavy atom.